The third kappa shape index (κ3) is 5.46. The zero-order valence-electron chi connectivity index (χ0n) is 5.59. The molecule has 0 aliphatic rings. The molecule has 0 spiro atoms. The molecule has 0 heterocycles. The lowest BCUT2D eigenvalue weighted by molar-refractivity contribution is -0.119. The van der Waals surface area contributed by atoms with Crippen LogP contribution in [0.1, 0.15) is 12.8 Å². The average molecular weight is 161 g/mol. The lowest BCUT2D eigenvalue weighted by atomic mass is 10.3. The molecule has 58 valence electrons. The van der Waals surface area contributed by atoms with Crippen LogP contribution in [-0.4, -0.2) is 17.6 Å². The smallest absolute Gasteiger partial charge is 0.226 e. The van der Waals surface area contributed by atoms with Gasteiger partial charge in [0.2, 0.25) is 5.91 Å². The SMILES string of the molecule is NCCCC(=O)NC(N)=S. The number of rotatable bonds is 3. The summed E-state index contributed by atoms with van der Waals surface area (Å²) in [4.78, 5) is 10.7. The molecule has 0 radical (unpaired) electrons. The molecule has 5 N–H and O–H groups in total. The lowest BCUT2D eigenvalue weighted by Gasteiger charge is -1.99. The van der Waals surface area contributed by atoms with Crippen molar-refractivity contribution in [3.63, 3.8) is 0 Å². The molecule has 0 fully saturated rings. The van der Waals surface area contributed by atoms with Crippen LogP contribution in [0.15, 0.2) is 0 Å². The van der Waals surface area contributed by atoms with Crippen molar-refractivity contribution in [1.82, 2.24) is 5.32 Å². The zero-order chi connectivity index (χ0) is 7.98. The minimum absolute atomic E-state index is 0.0158. The van der Waals surface area contributed by atoms with Crippen molar-refractivity contribution in [2.75, 3.05) is 6.54 Å². The molecule has 1 amide bonds. The second kappa shape index (κ2) is 5.13. The molecule has 0 aromatic carbocycles. The summed E-state index contributed by atoms with van der Waals surface area (Å²) in [6.07, 6.45) is 1.04. The Morgan fingerprint density at radius 1 is 1.60 bits per heavy atom. The Kier molecular flexibility index (Phi) is 4.78. The second-order valence-electron chi connectivity index (χ2n) is 1.80. The lowest BCUT2D eigenvalue weighted by Crippen LogP contribution is -2.34. The van der Waals surface area contributed by atoms with E-state index >= 15 is 0 Å². The fourth-order valence-corrected chi connectivity index (χ4v) is 0.576. The molecule has 0 aromatic rings. The normalized spacial score (nSPS) is 8.90. The van der Waals surface area contributed by atoms with E-state index < -0.39 is 0 Å². The highest BCUT2D eigenvalue weighted by molar-refractivity contribution is 7.80. The van der Waals surface area contributed by atoms with E-state index in [1.807, 2.05) is 0 Å². The van der Waals surface area contributed by atoms with Crippen molar-refractivity contribution < 1.29 is 4.79 Å². The van der Waals surface area contributed by atoms with E-state index in [1.165, 1.54) is 0 Å². The zero-order valence-corrected chi connectivity index (χ0v) is 6.41. The van der Waals surface area contributed by atoms with Crippen LogP contribution in [0.2, 0.25) is 0 Å². The first-order chi connectivity index (χ1) is 4.66. The van der Waals surface area contributed by atoms with Crippen molar-refractivity contribution in [2.24, 2.45) is 11.5 Å². The molecule has 0 bridgehead atoms. The van der Waals surface area contributed by atoms with Gasteiger partial charge in [-0.3, -0.25) is 4.79 Å². The maximum Gasteiger partial charge on any atom is 0.226 e. The highest BCUT2D eigenvalue weighted by Gasteiger charge is 1.98. The third-order valence-electron chi connectivity index (χ3n) is 0.871. The highest BCUT2D eigenvalue weighted by atomic mass is 32.1. The van der Waals surface area contributed by atoms with Gasteiger partial charge in [0.05, 0.1) is 0 Å². The van der Waals surface area contributed by atoms with E-state index in [-0.39, 0.29) is 11.0 Å². The van der Waals surface area contributed by atoms with Gasteiger partial charge in [-0.25, -0.2) is 0 Å². The van der Waals surface area contributed by atoms with Crippen LogP contribution in [0.3, 0.4) is 0 Å². The molecule has 0 atom stereocenters. The van der Waals surface area contributed by atoms with Gasteiger partial charge in [-0.2, -0.15) is 0 Å². The minimum atomic E-state index is -0.169. The number of carbonyl (C=O) groups is 1. The average Bonchev–Trinajstić information content (AvgIpc) is 1.82. The first kappa shape index (κ1) is 9.32. The molecule has 0 saturated heterocycles. The molecule has 0 aromatic heterocycles. The number of hydrogen-bond donors (Lipinski definition) is 3. The van der Waals surface area contributed by atoms with Crippen LogP contribution in [0, 0.1) is 0 Å². The van der Waals surface area contributed by atoms with Gasteiger partial charge in [-0.1, -0.05) is 0 Å². The maximum atomic E-state index is 10.7. The van der Waals surface area contributed by atoms with Gasteiger partial charge in [-0.15, -0.1) is 0 Å². The number of amides is 1. The summed E-state index contributed by atoms with van der Waals surface area (Å²) in [5, 5.41) is 2.31. The van der Waals surface area contributed by atoms with Gasteiger partial charge in [-0.05, 0) is 25.2 Å². The summed E-state index contributed by atoms with van der Waals surface area (Å²) in [5.74, 6) is -0.169. The standard InChI is InChI=1S/C5H11N3OS/c6-3-1-2-4(9)8-5(7)10/h1-3,6H2,(H3,7,8,9,10). The van der Waals surface area contributed by atoms with Gasteiger partial charge in [0.25, 0.3) is 0 Å². The van der Waals surface area contributed by atoms with Crippen molar-refractivity contribution in [1.29, 1.82) is 0 Å². The topological polar surface area (TPSA) is 81.1 Å². The van der Waals surface area contributed by atoms with E-state index in [9.17, 15) is 4.79 Å². The van der Waals surface area contributed by atoms with E-state index in [2.05, 4.69) is 17.5 Å². The first-order valence-corrected chi connectivity index (χ1v) is 3.37. The summed E-state index contributed by atoms with van der Waals surface area (Å²) >= 11 is 4.44. The Labute approximate surface area is 64.9 Å². The predicted octanol–water partition coefficient (Wildman–Crippen LogP) is -0.915. The molecule has 0 rings (SSSR count). The fraction of sp³-hybridized carbons (Fsp3) is 0.600. The summed E-state index contributed by atoms with van der Waals surface area (Å²) < 4.78 is 0. The summed E-state index contributed by atoms with van der Waals surface area (Å²) in [6.45, 7) is 0.505. The van der Waals surface area contributed by atoms with Crippen LogP contribution in [0.25, 0.3) is 0 Å². The highest BCUT2D eigenvalue weighted by Crippen LogP contribution is 1.83. The molecule has 0 aliphatic heterocycles. The fourth-order valence-electron chi connectivity index (χ4n) is 0.463. The van der Waals surface area contributed by atoms with Crippen molar-refractivity contribution >= 4 is 23.2 Å². The van der Waals surface area contributed by atoms with E-state index in [4.69, 9.17) is 11.5 Å². The van der Waals surface area contributed by atoms with E-state index in [0.717, 1.165) is 0 Å². The Bertz CT molecular complexity index is 137. The van der Waals surface area contributed by atoms with Crippen LogP contribution in [0.5, 0.6) is 0 Å². The molecule has 4 nitrogen and oxygen atoms in total. The van der Waals surface area contributed by atoms with Crippen molar-refractivity contribution in [3.05, 3.63) is 0 Å². The number of thiocarbonyl (C=S) groups is 1. The number of hydrogen-bond acceptors (Lipinski definition) is 3. The third-order valence-corrected chi connectivity index (χ3v) is 0.973. The largest absolute Gasteiger partial charge is 0.376 e. The predicted molar refractivity (Wildman–Crippen MR) is 43.2 cm³/mol. The molecule has 0 saturated carbocycles. The second-order valence-corrected chi connectivity index (χ2v) is 2.24. The molecular formula is C5H11N3OS. The molecule has 10 heavy (non-hydrogen) atoms. The number of carbonyl (C=O) groups excluding carboxylic acids is 1. The Balaban J connectivity index is 3.35. The maximum absolute atomic E-state index is 10.7. The molecule has 0 aliphatic carbocycles. The van der Waals surface area contributed by atoms with Gasteiger partial charge < -0.3 is 16.8 Å². The summed E-state index contributed by atoms with van der Waals surface area (Å²) in [5.41, 5.74) is 10.2. The van der Waals surface area contributed by atoms with Gasteiger partial charge in [0.15, 0.2) is 5.11 Å². The monoisotopic (exact) mass is 161 g/mol. The molecular weight excluding hydrogens is 150 g/mol. The van der Waals surface area contributed by atoms with Crippen LogP contribution in [-0.2, 0) is 4.79 Å². The number of nitrogens with one attached hydrogen (secondary N) is 1. The number of nitrogens with two attached hydrogens (primary N) is 2. The molecule has 5 heteroatoms. The summed E-state index contributed by atoms with van der Waals surface area (Å²) in [7, 11) is 0. The Morgan fingerprint density at radius 2 is 2.20 bits per heavy atom. The van der Waals surface area contributed by atoms with Gasteiger partial charge in [0.1, 0.15) is 0 Å². The molecule has 0 unspecified atom stereocenters. The van der Waals surface area contributed by atoms with E-state index in [0.29, 0.717) is 19.4 Å². The van der Waals surface area contributed by atoms with Crippen molar-refractivity contribution in [3.8, 4) is 0 Å². The van der Waals surface area contributed by atoms with E-state index in [1.54, 1.807) is 0 Å². The first-order valence-electron chi connectivity index (χ1n) is 2.96. The van der Waals surface area contributed by atoms with Gasteiger partial charge in [0, 0.05) is 6.42 Å². The van der Waals surface area contributed by atoms with Crippen molar-refractivity contribution in [2.45, 2.75) is 12.8 Å². The quantitative estimate of drug-likeness (QED) is 0.468. The van der Waals surface area contributed by atoms with Gasteiger partial charge >= 0.3 is 0 Å². The summed E-state index contributed by atoms with van der Waals surface area (Å²) in [6, 6.07) is 0. The van der Waals surface area contributed by atoms with Crippen LogP contribution >= 0.6 is 12.2 Å². The Hall–Kier alpha value is -0.680. The van der Waals surface area contributed by atoms with Crippen LogP contribution in [0.4, 0.5) is 0 Å². The van der Waals surface area contributed by atoms with Crippen LogP contribution < -0.4 is 16.8 Å². The Morgan fingerprint density at radius 3 is 2.60 bits per heavy atom. The minimum Gasteiger partial charge on any atom is -0.376 e.